The van der Waals surface area contributed by atoms with E-state index in [1.54, 1.807) is 12.0 Å². The molecule has 2 aromatic carbocycles. The average Bonchev–Trinajstić information content (AvgIpc) is 3.21. The summed E-state index contributed by atoms with van der Waals surface area (Å²) in [7, 11) is 1.63. The Bertz CT molecular complexity index is 1180. The monoisotopic (exact) mass is 445 g/mol. The van der Waals surface area contributed by atoms with Gasteiger partial charge in [0.15, 0.2) is 0 Å². The molecule has 1 saturated carbocycles. The summed E-state index contributed by atoms with van der Waals surface area (Å²) < 4.78 is 7.29. The first kappa shape index (κ1) is 21.6. The van der Waals surface area contributed by atoms with Crippen LogP contribution < -0.4 is 10.1 Å². The maximum atomic E-state index is 13.8. The number of carbonyl (C=O) groups excluding carboxylic acids is 2. The average molecular weight is 446 g/mol. The Kier molecular flexibility index (Phi) is 5.60. The highest BCUT2D eigenvalue weighted by atomic mass is 16.5. The summed E-state index contributed by atoms with van der Waals surface area (Å²) in [4.78, 5) is 29.3. The van der Waals surface area contributed by atoms with E-state index in [-0.39, 0.29) is 17.9 Å². The number of benzene rings is 2. The molecule has 1 fully saturated rings. The van der Waals surface area contributed by atoms with E-state index in [1.807, 2.05) is 66.1 Å². The van der Waals surface area contributed by atoms with Crippen molar-refractivity contribution < 1.29 is 14.3 Å². The fourth-order valence-electron chi connectivity index (χ4n) is 5.26. The molecule has 0 saturated heterocycles. The number of carbonyl (C=O) groups is 2. The van der Waals surface area contributed by atoms with Gasteiger partial charge in [-0.25, -0.2) is 0 Å². The second-order valence-electron chi connectivity index (χ2n) is 9.50. The predicted molar refractivity (Wildman–Crippen MR) is 128 cm³/mol. The zero-order chi connectivity index (χ0) is 23.0. The molecule has 1 aliphatic heterocycles. The number of hydrogen-bond acceptors (Lipinski definition) is 3. The number of nitrogens with one attached hydrogen (secondary N) is 1. The van der Waals surface area contributed by atoms with Crippen LogP contribution in [0, 0.1) is 0 Å². The number of rotatable bonds is 5. The van der Waals surface area contributed by atoms with Gasteiger partial charge in [0.1, 0.15) is 17.0 Å². The number of aromatic nitrogens is 1. The van der Waals surface area contributed by atoms with Gasteiger partial charge < -0.3 is 19.5 Å². The molecule has 2 amide bonds. The third kappa shape index (κ3) is 3.88. The lowest BCUT2D eigenvalue weighted by Crippen LogP contribution is -2.64. The van der Waals surface area contributed by atoms with Crippen molar-refractivity contribution in [1.82, 2.24) is 14.8 Å². The second kappa shape index (κ2) is 8.58. The molecule has 1 N–H and O–H groups in total. The van der Waals surface area contributed by atoms with Gasteiger partial charge in [-0.05, 0) is 49.6 Å². The molecule has 2 heterocycles. The van der Waals surface area contributed by atoms with E-state index >= 15 is 0 Å². The molecule has 1 aliphatic carbocycles. The Morgan fingerprint density at radius 3 is 2.55 bits per heavy atom. The van der Waals surface area contributed by atoms with Crippen LogP contribution in [0.2, 0.25) is 0 Å². The van der Waals surface area contributed by atoms with Crippen molar-refractivity contribution in [3.8, 4) is 5.75 Å². The molecule has 1 aromatic heterocycles. The van der Waals surface area contributed by atoms with Gasteiger partial charge in [-0.2, -0.15) is 0 Å². The molecular weight excluding hydrogens is 414 g/mol. The van der Waals surface area contributed by atoms with Crippen molar-refractivity contribution in [1.29, 1.82) is 0 Å². The van der Waals surface area contributed by atoms with Gasteiger partial charge in [0.05, 0.1) is 13.7 Å². The summed E-state index contributed by atoms with van der Waals surface area (Å²) >= 11 is 0. The first-order chi connectivity index (χ1) is 16.0. The maximum Gasteiger partial charge on any atom is 0.271 e. The van der Waals surface area contributed by atoms with E-state index in [1.165, 1.54) is 6.42 Å². The summed E-state index contributed by atoms with van der Waals surface area (Å²) in [5, 5.41) is 4.30. The Balaban J connectivity index is 1.53. The normalized spacial score (nSPS) is 21.2. The number of para-hydroxylation sites is 1. The smallest absolute Gasteiger partial charge is 0.271 e. The molecule has 1 atom stereocenters. The first-order valence-electron chi connectivity index (χ1n) is 11.8. The van der Waals surface area contributed by atoms with Gasteiger partial charge in [-0.3, -0.25) is 9.59 Å². The van der Waals surface area contributed by atoms with Crippen LogP contribution in [0.5, 0.6) is 5.75 Å². The summed E-state index contributed by atoms with van der Waals surface area (Å²) in [6, 6.07) is 17.8. The van der Waals surface area contributed by atoms with Gasteiger partial charge in [0.2, 0.25) is 5.91 Å². The van der Waals surface area contributed by atoms with E-state index < -0.39 is 5.54 Å². The number of amides is 2. The topological polar surface area (TPSA) is 63.6 Å². The molecule has 6 heteroatoms. The number of ether oxygens (including phenoxy) is 1. The van der Waals surface area contributed by atoms with Crippen molar-refractivity contribution in [2.24, 2.45) is 0 Å². The van der Waals surface area contributed by atoms with Crippen LogP contribution in [0.4, 0.5) is 0 Å². The minimum atomic E-state index is -0.997. The van der Waals surface area contributed by atoms with E-state index in [0.29, 0.717) is 18.8 Å². The Labute approximate surface area is 194 Å². The number of fused-ring (bicyclic) bond motifs is 3. The largest absolute Gasteiger partial charge is 0.497 e. The molecule has 0 bridgehead atoms. The zero-order valence-electron chi connectivity index (χ0n) is 19.3. The second-order valence-corrected chi connectivity index (χ2v) is 9.50. The Hall–Kier alpha value is -3.28. The minimum absolute atomic E-state index is 0.0697. The highest BCUT2D eigenvalue weighted by molar-refractivity contribution is 6.03. The van der Waals surface area contributed by atoms with Gasteiger partial charge in [-0.15, -0.1) is 0 Å². The van der Waals surface area contributed by atoms with E-state index in [9.17, 15) is 9.59 Å². The fourth-order valence-corrected chi connectivity index (χ4v) is 5.26. The SMILES string of the molecule is COc1ccc(CN2C(=O)c3cc4ccccc4n3C[C@@]2(C)C(=O)NC2CCCCC2)cc1. The highest BCUT2D eigenvalue weighted by Crippen LogP contribution is 2.34. The van der Waals surface area contributed by atoms with E-state index in [2.05, 4.69) is 5.32 Å². The predicted octanol–water partition coefficient (Wildman–Crippen LogP) is 4.51. The molecule has 0 spiro atoms. The molecule has 0 unspecified atom stereocenters. The summed E-state index contributed by atoms with van der Waals surface area (Å²) in [5.41, 5.74) is 1.59. The van der Waals surface area contributed by atoms with Crippen molar-refractivity contribution in [2.75, 3.05) is 7.11 Å². The van der Waals surface area contributed by atoms with Crippen LogP contribution in [-0.2, 0) is 17.9 Å². The van der Waals surface area contributed by atoms with Gasteiger partial charge >= 0.3 is 0 Å². The van der Waals surface area contributed by atoms with Crippen molar-refractivity contribution in [3.63, 3.8) is 0 Å². The molecule has 33 heavy (non-hydrogen) atoms. The molecule has 3 aromatic rings. The Morgan fingerprint density at radius 1 is 1.09 bits per heavy atom. The number of hydrogen-bond donors (Lipinski definition) is 1. The Morgan fingerprint density at radius 2 is 1.82 bits per heavy atom. The lowest BCUT2D eigenvalue weighted by Gasteiger charge is -2.45. The molecule has 0 radical (unpaired) electrons. The maximum absolute atomic E-state index is 13.8. The number of nitrogens with zero attached hydrogens (tertiary/aromatic N) is 2. The van der Waals surface area contributed by atoms with Crippen LogP contribution in [-0.4, -0.2) is 40.0 Å². The molecule has 2 aliphatic rings. The van der Waals surface area contributed by atoms with E-state index in [0.717, 1.165) is 47.9 Å². The molecule has 6 nitrogen and oxygen atoms in total. The lowest BCUT2D eigenvalue weighted by molar-refractivity contribution is -0.134. The van der Waals surface area contributed by atoms with Crippen LogP contribution in [0.1, 0.15) is 55.1 Å². The quantitative estimate of drug-likeness (QED) is 0.628. The molecule has 5 rings (SSSR count). The van der Waals surface area contributed by atoms with Crippen LogP contribution >= 0.6 is 0 Å². The van der Waals surface area contributed by atoms with Crippen molar-refractivity contribution in [2.45, 2.75) is 63.7 Å². The first-order valence-corrected chi connectivity index (χ1v) is 11.8. The highest BCUT2D eigenvalue weighted by Gasteiger charge is 2.48. The van der Waals surface area contributed by atoms with Crippen LogP contribution in [0.3, 0.4) is 0 Å². The number of methoxy groups -OCH3 is 1. The van der Waals surface area contributed by atoms with Gasteiger partial charge in [-0.1, -0.05) is 49.6 Å². The fraction of sp³-hybridized carbons (Fsp3) is 0.407. The van der Waals surface area contributed by atoms with Crippen LogP contribution in [0.25, 0.3) is 10.9 Å². The van der Waals surface area contributed by atoms with Gasteiger partial charge in [0, 0.05) is 23.5 Å². The third-order valence-electron chi connectivity index (χ3n) is 7.27. The standard InChI is InChI=1S/C27H31N3O3/c1-27(26(32)28-21-9-4-3-5-10-21)18-29-23-11-7-6-8-20(23)16-24(29)25(31)30(27)17-19-12-14-22(33-2)15-13-19/h6-8,11-16,21H,3-5,9-10,17-18H2,1-2H3,(H,28,32)/t27-/m0/s1. The van der Waals surface area contributed by atoms with E-state index in [4.69, 9.17) is 4.74 Å². The van der Waals surface area contributed by atoms with Crippen LogP contribution in [0.15, 0.2) is 54.6 Å². The summed E-state index contributed by atoms with van der Waals surface area (Å²) in [5.74, 6) is 0.580. The van der Waals surface area contributed by atoms with Crippen molar-refractivity contribution >= 4 is 22.7 Å². The summed E-state index contributed by atoms with van der Waals surface area (Å²) in [6.07, 6.45) is 5.52. The molecule has 172 valence electrons. The lowest BCUT2D eigenvalue weighted by atomic mass is 9.91. The van der Waals surface area contributed by atoms with Gasteiger partial charge in [0.25, 0.3) is 5.91 Å². The minimum Gasteiger partial charge on any atom is -0.497 e. The zero-order valence-corrected chi connectivity index (χ0v) is 19.3. The third-order valence-corrected chi connectivity index (χ3v) is 7.27. The van der Waals surface area contributed by atoms with Crippen molar-refractivity contribution in [3.05, 3.63) is 65.9 Å². The molecular formula is C27H31N3O3. The summed E-state index contributed by atoms with van der Waals surface area (Å²) in [6.45, 7) is 2.69.